The summed E-state index contributed by atoms with van der Waals surface area (Å²) in [5, 5.41) is 12.8. The average molecular weight is 359 g/mol. The van der Waals surface area contributed by atoms with E-state index in [0.717, 1.165) is 12.4 Å². The fourth-order valence-electron chi connectivity index (χ4n) is 3.22. The number of likely N-dealkylation sites (N-methyl/N-ethyl adjacent to an activating group) is 1. The second-order valence-electron chi connectivity index (χ2n) is 7.14. The molecule has 3 heterocycles. The number of aliphatic hydroxyl groups is 1. The SMILES string of the molecule is CC(C)c1cc(C(=O)N(C)CC2(O)CCN(c3ccccn3)C2)cs1. The molecule has 1 unspecified atom stereocenters. The summed E-state index contributed by atoms with van der Waals surface area (Å²) >= 11 is 1.62. The smallest absolute Gasteiger partial charge is 0.254 e. The molecule has 0 bridgehead atoms. The van der Waals surface area contributed by atoms with Crippen LogP contribution in [0.3, 0.4) is 0 Å². The highest BCUT2D eigenvalue weighted by molar-refractivity contribution is 7.10. The third-order valence-corrected chi connectivity index (χ3v) is 5.85. The van der Waals surface area contributed by atoms with E-state index in [1.165, 1.54) is 4.88 Å². The molecule has 2 aromatic heterocycles. The van der Waals surface area contributed by atoms with Crippen LogP contribution in [0.15, 0.2) is 35.8 Å². The van der Waals surface area contributed by atoms with Gasteiger partial charge in [-0.1, -0.05) is 19.9 Å². The van der Waals surface area contributed by atoms with E-state index in [1.54, 1.807) is 29.5 Å². The number of anilines is 1. The number of carbonyl (C=O) groups is 1. The Hall–Kier alpha value is -1.92. The molecule has 2 aromatic rings. The Morgan fingerprint density at radius 3 is 2.92 bits per heavy atom. The molecule has 5 nitrogen and oxygen atoms in total. The zero-order valence-corrected chi connectivity index (χ0v) is 15.8. The van der Waals surface area contributed by atoms with E-state index in [1.807, 2.05) is 29.6 Å². The van der Waals surface area contributed by atoms with Crippen LogP contribution in [-0.2, 0) is 0 Å². The molecule has 134 valence electrons. The molecule has 0 radical (unpaired) electrons. The number of nitrogens with zero attached hydrogens (tertiary/aromatic N) is 3. The van der Waals surface area contributed by atoms with Gasteiger partial charge in [0, 0.05) is 36.6 Å². The van der Waals surface area contributed by atoms with Crippen LogP contribution < -0.4 is 4.90 Å². The van der Waals surface area contributed by atoms with Crippen molar-refractivity contribution in [1.29, 1.82) is 0 Å². The van der Waals surface area contributed by atoms with E-state index in [0.29, 0.717) is 31.0 Å². The number of hydrogen-bond acceptors (Lipinski definition) is 5. The quantitative estimate of drug-likeness (QED) is 0.892. The van der Waals surface area contributed by atoms with Gasteiger partial charge in [-0.2, -0.15) is 0 Å². The third kappa shape index (κ3) is 4.02. The molecule has 1 aliphatic heterocycles. The van der Waals surface area contributed by atoms with E-state index in [-0.39, 0.29) is 5.91 Å². The number of aromatic nitrogens is 1. The second-order valence-corrected chi connectivity index (χ2v) is 8.08. The highest BCUT2D eigenvalue weighted by Gasteiger charge is 2.38. The number of pyridine rings is 1. The molecule has 6 heteroatoms. The van der Waals surface area contributed by atoms with Crippen LogP contribution in [-0.4, -0.2) is 53.2 Å². The van der Waals surface area contributed by atoms with Crippen molar-refractivity contribution in [3.8, 4) is 0 Å². The number of carbonyl (C=O) groups excluding carboxylic acids is 1. The Balaban J connectivity index is 1.63. The number of hydrogen-bond donors (Lipinski definition) is 1. The monoisotopic (exact) mass is 359 g/mol. The van der Waals surface area contributed by atoms with E-state index in [9.17, 15) is 9.90 Å². The number of β-amino-alcohol motifs (C(OH)–C–C–N with tert-alkyl or cyclic N) is 1. The van der Waals surface area contributed by atoms with Gasteiger partial charge in [-0.25, -0.2) is 4.98 Å². The Kier molecular flexibility index (Phi) is 5.11. The first kappa shape index (κ1) is 17.9. The van der Waals surface area contributed by atoms with Gasteiger partial charge in [0.05, 0.1) is 12.1 Å². The minimum absolute atomic E-state index is 0.0344. The fourth-order valence-corrected chi connectivity index (χ4v) is 4.12. The molecule has 1 amide bonds. The summed E-state index contributed by atoms with van der Waals surface area (Å²) in [5.74, 6) is 1.25. The molecule has 25 heavy (non-hydrogen) atoms. The van der Waals surface area contributed by atoms with Crippen LogP contribution in [0.5, 0.6) is 0 Å². The molecule has 0 spiro atoms. The van der Waals surface area contributed by atoms with Gasteiger partial charge in [0.15, 0.2) is 0 Å². The molecule has 1 aliphatic rings. The predicted octanol–water partition coefficient (Wildman–Crippen LogP) is 2.98. The maximum Gasteiger partial charge on any atom is 0.254 e. The summed E-state index contributed by atoms with van der Waals surface area (Å²) in [6.45, 7) is 5.80. The van der Waals surface area contributed by atoms with E-state index >= 15 is 0 Å². The zero-order chi connectivity index (χ0) is 18.0. The summed E-state index contributed by atoms with van der Waals surface area (Å²) in [7, 11) is 1.76. The molecule has 0 saturated carbocycles. The van der Waals surface area contributed by atoms with Crippen molar-refractivity contribution in [2.45, 2.75) is 31.8 Å². The minimum Gasteiger partial charge on any atom is -0.386 e. The molecule has 1 atom stereocenters. The van der Waals surface area contributed by atoms with Crippen molar-refractivity contribution >= 4 is 23.1 Å². The van der Waals surface area contributed by atoms with Gasteiger partial charge in [-0.15, -0.1) is 11.3 Å². The number of thiophene rings is 1. The van der Waals surface area contributed by atoms with Crippen LogP contribution in [0.25, 0.3) is 0 Å². The summed E-state index contributed by atoms with van der Waals surface area (Å²) in [4.78, 5) is 21.9. The van der Waals surface area contributed by atoms with Crippen LogP contribution in [0.2, 0.25) is 0 Å². The number of amides is 1. The normalized spacial score (nSPS) is 20.3. The molecule has 0 aliphatic carbocycles. The Morgan fingerprint density at radius 1 is 1.48 bits per heavy atom. The van der Waals surface area contributed by atoms with Gasteiger partial charge in [-0.3, -0.25) is 4.79 Å². The van der Waals surface area contributed by atoms with Crippen molar-refractivity contribution in [2.24, 2.45) is 0 Å². The second kappa shape index (κ2) is 7.14. The molecule has 0 aromatic carbocycles. The first-order chi connectivity index (χ1) is 11.9. The maximum absolute atomic E-state index is 12.7. The standard InChI is InChI=1S/C19H25N3O2S/c1-14(2)16-10-15(11-25-16)18(23)21(3)12-19(24)7-9-22(13-19)17-6-4-5-8-20-17/h4-6,8,10-11,14,24H,7,9,12-13H2,1-3H3. The first-order valence-corrected chi connectivity index (χ1v) is 9.48. The topological polar surface area (TPSA) is 56.7 Å². The molecule has 1 fully saturated rings. The van der Waals surface area contributed by atoms with Gasteiger partial charge >= 0.3 is 0 Å². The Labute approximate surface area is 152 Å². The van der Waals surface area contributed by atoms with E-state index < -0.39 is 5.60 Å². The largest absolute Gasteiger partial charge is 0.386 e. The van der Waals surface area contributed by atoms with Crippen LogP contribution >= 0.6 is 11.3 Å². The van der Waals surface area contributed by atoms with E-state index in [4.69, 9.17) is 0 Å². The Bertz CT molecular complexity index is 731. The summed E-state index contributed by atoms with van der Waals surface area (Å²) in [6, 6.07) is 7.73. The summed E-state index contributed by atoms with van der Waals surface area (Å²) in [5.41, 5.74) is -0.196. The Morgan fingerprint density at radius 2 is 2.28 bits per heavy atom. The molecule has 1 N–H and O–H groups in total. The lowest BCUT2D eigenvalue weighted by atomic mass is 10.0. The van der Waals surface area contributed by atoms with Crippen LogP contribution in [0, 0.1) is 0 Å². The van der Waals surface area contributed by atoms with Crippen LogP contribution in [0.4, 0.5) is 5.82 Å². The van der Waals surface area contributed by atoms with Crippen molar-refractivity contribution in [1.82, 2.24) is 9.88 Å². The van der Waals surface area contributed by atoms with Crippen molar-refractivity contribution in [2.75, 3.05) is 31.6 Å². The van der Waals surface area contributed by atoms with Crippen LogP contribution in [0.1, 0.15) is 41.4 Å². The average Bonchev–Trinajstić information content (AvgIpc) is 3.22. The fraction of sp³-hybridized carbons (Fsp3) is 0.474. The van der Waals surface area contributed by atoms with Gasteiger partial charge in [-0.05, 0) is 30.5 Å². The lowest BCUT2D eigenvalue weighted by Gasteiger charge is -2.29. The maximum atomic E-state index is 12.7. The van der Waals surface area contributed by atoms with E-state index in [2.05, 4.69) is 23.7 Å². The molecule has 1 saturated heterocycles. The van der Waals surface area contributed by atoms with Gasteiger partial charge in [0.1, 0.15) is 11.4 Å². The highest BCUT2D eigenvalue weighted by Crippen LogP contribution is 2.27. The van der Waals surface area contributed by atoms with Gasteiger partial charge in [0.2, 0.25) is 0 Å². The first-order valence-electron chi connectivity index (χ1n) is 8.60. The summed E-state index contributed by atoms with van der Waals surface area (Å²) in [6.07, 6.45) is 2.38. The lowest BCUT2D eigenvalue weighted by Crippen LogP contribution is -2.45. The minimum atomic E-state index is -0.904. The van der Waals surface area contributed by atoms with Crippen molar-refractivity contribution in [3.63, 3.8) is 0 Å². The number of rotatable bonds is 5. The summed E-state index contributed by atoms with van der Waals surface area (Å²) < 4.78 is 0. The van der Waals surface area contributed by atoms with Gasteiger partial charge in [0.25, 0.3) is 5.91 Å². The van der Waals surface area contributed by atoms with Crippen molar-refractivity contribution in [3.05, 3.63) is 46.3 Å². The lowest BCUT2D eigenvalue weighted by molar-refractivity contribution is 0.0264. The highest BCUT2D eigenvalue weighted by atomic mass is 32.1. The molecular weight excluding hydrogens is 334 g/mol. The van der Waals surface area contributed by atoms with Gasteiger partial charge < -0.3 is 14.9 Å². The molecule has 3 rings (SSSR count). The zero-order valence-electron chi connectivity index (χ0n) is 15.0. The molecular formula is C19H25N3O2S. The van der Waals surface area contributed by atoms with Crippen molar-refractivity contribution < 1.29 is 9.90 Å². The predicted molar refractivity (Wildman–Crippen MR) is 101 cm³/mol. The third-order valence-electron chi connectivity index (χ3n) is 4.62.